The van der Waals surface area contributed by atoms with E-state index in [4.69, 9.17) is 5.73 Å². The number of nitrogens with zero attached hydrogens (tertiary/aromatic N) is 2. The van der Waals surface area contributed by atoms with Gasteiger partial charge in [-0.25, -0.2) is 8.42 Å². The van der Waals surface area contributed by atoms with Crippen molar-refractivity contribution in [3.8, 4) is 0 Å². The summed E-state index contributed by atoms with van der Waals surface area (Å²) in [6, 6.07) is 16.7. The summed E-state index contributed by atoms with van der Waals surface area (Å²) in [5.41, 5.74) is 8.19. The minimum absolute atomic E-state index is 0. The van der Waals surface area contributed by atoms with E-state index in [9.17, 15) is 8.42 Å². The number of nitrogens with two attached hydrogens (primary N) is 1. The maximum absolute atomic E-state index is 12.7. The van der Waals surface area contributed by atoms with Gasteiger partial charge in [-0.2, -0.15) is 4.31 Å². The molecule has 0 unspecified atom stereocenters. The molecule has 29 heavy (non-hydrogen) atoms. The monoisotopic (exact) mass is 528 g/mol. The van der Waals surface area contributed by atoms with Crippen molar-refractivity contribution < 1.29 is 8.42 Å². The lowest BCUT2D eigenvalue weighted by Gasteiger charge is -2.30. The van der Waals surface area contributed by atoms with E-state index in [1.54, 1.807) is 28.6 Å². The molecule has 1 aliphatic heterocycles. The van der Waals surface area contributed by atoms with Gasteiger partial charge < -0.3 is 11.1 Å². The number of anilines is 1. The second kappa shape index (κ2) is 10.9. The number of nitrogens with one attached hydrogen (secondary N) is 1. The molecular formula is C21H29IN4O2S. The molecule has 0 bridgehead atoms. The maximum atomic E-state index is 12.7. The van der Waals surface area contributed by atoms with Gasteiger partial charge in [0.05, 0.1) is 4.90 Å². The molecule has 0 saturated carbocycles. The van der Waals surface area contributed by atoms with Crippen LogP contribution in [0.4, 0.5) is 5.69 Å². The SMILES string of the molecule is CCc1cccc(NC(N)=NCC2CCN(S(=O)(=O)c3ccccc3)CC2)c1.I. The standard InChI is InChI=1S/C21H28N4O2S.HI/c1-2-17-7-6-8-19(15-17)24-21(22)23-16-18-11-13-25(14-12-18)28(26,27)20-9-4-3-5-10-20;/h3-10,15,18H,2,11-14,16H2,1H3,(H3,22,23,24);1H. The number of benzene rings is 2. The van der Waals surface area contributed by atoms with Gasteiger partial charge in [0.25, 0.3) is 0 Å². The summed E-state index contributed by atoms with van der Waals surface area (Å²) < 4.78 is 26.9. The van der Waals surface area contributed by atoms with Gasteiger partial charge in [0.2, 0.25) is 10.0 Å². The molecule has 1 heterocycles. The smallest absolute Gasteiger partial charge is 0.243 e. The third kappa shape index (κ3) is 6.42. The van der Waals surface area contributed by atoms with E-state index in [-0.39, 0.29) is 24.0 Å². The topological polar surface area (TPSA) is 87.8 Å². The zero-order chi connectivity index (χ0) is 20.0. The first-order valence-corrected chi connectivity index (χ1v) is 11.1. The molecule has 1 saturated heterocycles. The Morgan fingerprint density at radius 2 is 1.83 bits per heavy atom. The van der Waals surface area contributed by atoms with E-state index in [0.29, 0.717) is 36.4 Å². The van der Waals surface area contributed by atoms with Crippen molar-refractivity contribution in [1.29, 1.82) is 0 Å². The fourth-order valence-electron chi connectivity index (χ4n) is 3.36. The lowest BCUT2D eigenvalue weighted by Crippen LogP contribution is -2.39. The molecule has 1 fully saturated rings. The number of guanidine groups is 1. The summed E-state index contributed by atoms with van der Waals surface area (Å²) in [5.74, 6) is 0.733. The summed E-state index contributed by atoms with van der Waals surface area (Å²) in [6.07, 6.45) is 2.54. The number of hydrogen-bond acceptors (Lipinski definition) is 3. The van der Waals surface area contributed by atoms with Gasteiger partial charge >= 0.3 is 0 Å². The van der Waals surface area contributed by atoms with Gasteiger partial charge in [-0.05, 0) is 55.0 Å². The van der Waals surface area contributed by atoms with Crippen molar-refractivity contribution in [1.82, 2.24) is 4.31 Å². The zero-order valence-electron chi connectivity index (χ0n) is 16.6. The Hall–Kier alpha value is -1.65. The molecule has 1 aliphatic rings. The van der Waals surface area contributed by atoms with Crippen LogP contribution < -0.4 is 11.1 Å². The Kier molecular flexibility index (Phi) is 8.91. The van der Waals surface area contributed by atoms with E-state index in [1.165, 1.54) is 5.56 Å². The van der Waals surface area contributed by atoms with Gasteiger partial charge in [0.15, 0.2) is 5.96 Å². The van der Waals surface area contributed by atoms with Crippen LogP contribution in [0.1, 0.15) is 25.3 Å². The molecular weight excluding hydrogens is 499 g/mol. The molecule has 6 nitrogen and oxygen atoms in total. The predicted octanol–water partition coefficient (Wildman–Crippen LogP) is 3.69. The second-order valence-electron chi connectivity index (χ2n) is 7.07. The highest BCUT2D eigenvalue weighted by molar-refractivity contribution is 14.0. The molecule has 3 rings (SSSR count). The molecule has 8 heteroatoms. The number of aliphatic imine (C=N–C) groups is 1. The molecule has 0 spiro atoms. The van der Waals surface area contributed by atoms with Crippen LogP contribution in [0.15, 0.2) is 64.5 Å². The lowest BCUT2D eigenvalue weighted by molar-refractivity contribution is 0.279. The molecule has 0 aromatic heterocycles. The zero-order valence-corrected chi connectivity index (χ0v) is 19.8. The highest BCUT2D eigenvalue weighted by Crippen LogP contribution is 2.24. The first-order valence-electron chi connectivity index (χ1n) is 9.70. The van der Waals surface area contributed by atoms with Crippen LogP contribution in [-0.4, -0.2) is 38.3 Å². The first-order chi connectivity index (χ1) is 13.5. The number of aryl methyl sites for hydroxylation is 1. The fourth-order valence-corrected chi connectivity index (χ4v) is 4.85. The number of hydrogen-bond donors (Lipinski definition) is 2. The van der Waals surface area contributed by atoms with Gasteiger partial charge in [-0.1, -0.05) is 37.3 Å². The summed E-state index contributed by atoms with van der Waals surface area (Å²) in [6.45, 7) is 3.75. The Morgan fingerprint density at radius 3 is 2.48 bits per heavy atom. The molecule has 158 valence electrons. The van der Waals surface area contributed by atoms with Crippen molar-refractivity contribution in [2.45, 2.75) is 31.1 Å². The molecule has 2 aromatic rings. The molecule has 3 N–H and O–H groups in total. The summed E-state index contributed by atoms with van der Waals surface area (Å²) >= 11 is 0. The molecule has 0 aliphatic carbocycles. The van der Waals surface area contributed by atoms with Crippen molar-refractivity contribution in [2.75, 3.05) is 25.0 Å². The van der Waals surface area contributed by atoms with Crippen LogP contribution in [0.5, 0.6) is 0 Å². The quantitative estimate of drug-likeness (QED) is 0.340. The maximum Gasteiger partial charge on any atom is 0.243 e. The predicted molar refractivity (Wildman–Crippen MR) is 129 cm³/mol. The minimum atomic E-state index is -3.40. The van der Waals surface area contributed by atoms with Gasteiger partial charge in [-0.3, -0.25) is 4.99 Å². The summed E-state index contributed by atoms with van der Waals surface area (Å²) in [7, 11) is -3.40. The van der Waals surface area contributed by atoms with Crippen molar-refractivity contribution >= 4 is 45.6 Å². The van der Waals surface area contributed by atoms with E-state index < -0.39 is 10.0 Å². The second-order valence-corrected chi connectivity index (χ2v) is 9.00. The van der Waals surface area contributed by atoms with E-state index >= 15 is 0 Å². The van der Waals surface area contributed by atoms with E-state index in [2.05, 4.69) is 29.4 Å². The van der Waals surface area contributed by atoms with Crippen molar-refractivity contribution in [2.24, 2.45) is 16.6 Å². The number of piperidine rings is 1. The van der Waals surface area contributed by atoms with Gasteiger partial charge in [0.1, 0.15) is 0 Å². The Balaban J connectivity index is 0.00000300. The van der Waals surface area contributed by atoms with E-state index in [0.717, 1.165) is 24.9 Å². The van der Waals surface area contributed by atoms with Crippen molar-refractivity contribution in [3.63, 3.8) is 0 Å². The van der Waals surface area contributed by atoms with Crippen LogP contribution in [0, 0.1) is 5.92 Å². The highest BCUT2D eigenvalue weighted by Gasteiger charge is 2.29. The third-order valence-electron chi connectivity index (χ3n) is 5.08. The molecule has 0 amide bonds. The first kappa shape index (κ1) is 23.6. The van der Waals surface area contributed by atoms with Crippen LogP contribution in [-0.2, 0) is 16.4 Å². The largest absolute Gasteiger partial charge is 0.370 e. The van der Waals surface area contributed by atoms with Gasteiger partial charge in [0, 0.05) is 25.3 Å². The average molecular weight is 528 g/mol. The molecule has 2 aromatic carbocycles. The molecule has 0 radical (unpaired) electrons. The normalized spacial score (nSPS) is 16.2. The number of sulfonamides is 1. The Morgan fingerprint density at radius 1 is 1.14 bits per heavy atom. The average Bonchev–Trinajstić information content (AvgIpc) is 2.73. The Bertz CT molecular complexity index is 911. The van der Waals surface area contributed by atoms with Crippen LogP contribution in [0.2, 0.25) is 0 Å². The number of halogens is 1. The number of rotatable bonds is 6. The van der Waals surface area contributed by atoms with Crippen LogP contribution in [0.3, 0.4) is 0 Å². The van der Waals surface area contributed by atoms with Gasteiger partial charge in [-0.15, -0.1) is 24.0 Å². The Labute approximate surface area is 190 Å². The van der Waals surface area contributed by atoms with E-state index in [1.807, 2.05) is 18.2 Å². The van der Waals surface area contributed by atoms with Crippen molar-refractivity contribution in [3.05, 3.63) is 60.2 Å². The van der Waals surface area contributed by atoms with Crippen LogP contribution in [0.25, 0.3) is 0 Å². The lowest BCUT2D eigenvalue weighted by atomic mass is 9.98. The summed E-state index contributed by atoms with van der Waals surface area (Å²) in [5, 5.41) is 3.13. The summed E-state index contributed by atoms with van der Waals surface area (Å²) in [4.78, 5) is 4.82. The molecule has 0 atom stereocenters. The highest BCUT2D eigenvalue weighted by atomic mass is 127. The fraction of sp³-hybridized carbons (Fsp3) is 0.381. The third-order valence-corrected chi connectivity index (χ3v) is 6.99. The van der Waals surface area contributed by atoms with Crippen LogP contribution >= 0.6 is 24.0 Å². The minimum Gasteiger partial charge on any atom is -0.370 e.